The van der Waals surface area contributed by atoms with Gasteiger partial charge in [-0.25, -0.2) is 12.8 Å². The first kappa shape index (κ1) is 15.7. The fourth-order valence-corrected chi connectivity index (χ4v) is 3.34. The molecule has 6 heteroatoms. The molecule has 0 saturated heterocycles. The molecular weight excluding hydrogens is 404 g/mol. The number of nitriles is 1. The van der Waals surface area contributed by atoms with E-state index in [-0.39, 0.29) is 9.80 Å². The van der Waals surface area contributed by atoms with Crippen LogP contribution in [0.2, 0.25) is 0 Å². The maximum Gasteiger partial charge on any atom is 0.216 e. The van der Waals surface area contributed by atoms with Crippen molar-refractivity contribution in [2.45, 2.75) is 4.90 Å². The lowest BCUT2D eigenvalue weighted by Gasteiger charge is -2.04. The van der Waals surface area contributed by atoms with Crippen LogP contribution in [0.4, 0.5) is 4.39 Å². The van der Waals surface area contributed by atoms with Crippen molar-refractivity contribution in [2.24, 2.45) is 0 Å². The van der Waals surface area contributed by atoms with Crippen LogP contribution in [-0.4, -0.2) is 8.42 Å². The van der Waals surface area contributed by atoms with E-state index in [9.17, 15) is 12.8 Å². The molecule has 0 aliphatic heterocycles. The highest BCUT2D eigenvalue weighted by atomic mass is 127. The van der Waals surface area contributed by atoms with Crippen molar-refractivity contribution < 1.29 is 12.8 Å². The lowest BCUT2D eigenvalue weighted by atomic mass is 10.2. The molecule has 2 aromatic rings. The summed E-state index contributed by atoms with van der Waals surface area (Å²) in [6.45, 7) is 0. The summed E-state index contributed by atoms with van der Waals surface area (Å²) >= 11 is 2.06. The number of hydrogen-bond acceptors (Lipinski definition) is 3. The van der Waals surface area contributed by atoms with Gasteiger partial charge in [0.15, 0.2) is 0 Å². The Kier molecular flexibility index (Phi) is 4.75. The van der Waals surface area contributed by atoms with Crippen molar-refractivity contribution in [1.82, 2.24) is 0 Å². The van der Waals surface area contributed by atoms with Crippen LogP contribution in [0.25, 0.3) is 6.08 Å². The Labute approximate surface area is 135 Å². The zero-order valence-electron chi connectivity index (χ0n) is 10.6. The molecule has 0 N–H and O–H groups in total. The Morgan fingerprint density at radius 3 is 2.33 bits per heavy atom. The van der Waals surface area contributed by atoms with E-state index < -0.39 is 15.7 Å². The van der Waals surface area contributed by atoms with E-state index in [1.54, 1.807) is 18.2 Å². The predicted molar refractivity (Wildman–Crippen MR) is 86.3 cm³/mol. The third kappa shape index (κ3) is 3.49. The summed E-state index contributed by atoms with van der Waals surface area (Å²) in [7, 11) is -3.95. The first-order valence-corrected chi connectivity index (χ1v) is 8.38. The number of sulfone groups is 1. The van der Waals surface area contributed by atoms with Gasteiger partial charge in [-0.15, -0.1) is 0 Å². The minimum Gasteiger partial charge on any atom is -0.218 e. The summed E-state index contributed by atoms with van der Waals surface area (Å²) in [4.78, 5) is -0.485. The van der Waals surface area contributed by atoms with Crippen LogP contribution >= 0.6 is 22.6 Å². The average molecular weight is 413 g/mol. The molecule has 21 heavy (non-hydrogen) atoms. The van der Waals surface area contributed by atoms with Gasteiger partial charge < -0.3 is 0 Å². The Hall–Kier alpha value is -1.72. The smallest absolute Gasteiger partial charge is 0.216 e. The molecule has 0 saturated carbocycles. The van der Waals surface area contributed by atoms with Crippen LogP contribution in [0.5, 0.6) is 0 Å². The molecule has 2 rings (SSSR count). The topological polar surface area (TPSA) is 57.9 Å². The highest BCUT2D eigenvalue weighted by Crippen LogP contribution is 2.23. The summed E-state index contributed by atoms with van der Waals surface area (Å²) in [5.74, 6) is -0.533. The first-order chi connectivity index (χ1) is 9.95. The zero-order valence-corrected chi connectivity index (χ0v) is 13.6. The fraction of sp³-hybridized carbons (Fsp3) is 0. The van der Waals surface area contributed by atoms with Crippen LogP contribution in [-0.2, 0) is 9.84 Å². The van der Waals surface area contributed by atoms with Crippen LogP contribution < -0.4 is 0 Å². The first-order valence-electron chi connectivity index (χ1n) is 5.82. The minimum absolute atomic E-state index is 0.109. The summed E-state index contributed by atoms with van der Waals surface area (Å²) in [5, 5.41) is 9.16. The molecular formula is C15H9FINO2S. The van der Waals surface area contributed by atoms with Gasteiger partial charge in [-0.2, -0.15) is 5.26 Å². The average Bonchev–Trinajstić information content (AvgIpc) is 2.46. The highest BCUT2D eigenvalue weighted by molar-refractivity contribution is 14.1. The van der Waals surface area contributed by atoms with E-state index in [1.165, 1.54) is 6.08 Å². The Balaban J connectivity index is 2.53. The molecule has 0 aromatic heterocycles. The van der Waals surface area contributed by atoms with Gasteiger partial charge in [-0.05, 0) is 64.6 Å². The molecule has 0 atom stereocenters. The van der Waals surface area contributed by atoms with Crippen molar-refractivity contribution >= 4 is 38.5 Å². The molecule has 0 fully saturated rings. The molecule has 0 heterocycles. The molecule has 0 spiro atoms. The standard InChI is InChI=1S/C15H9FINO2S/c16-12-5-7-13(8-6-12)21(19,20)14(10-18)9-11-3-1-2-4-15(11)17/h1-9H/b14-9+. The Morgan fingerprint density at radius 1 is 1.14 bits per heavy atom. The summed E-state index contributed by atoms with van der Waals surface area (Å²) in [6.07, 6.45) is 1.32. The number of hydrogen-bond donors (Lipinski definition) is 0. The van der Waals surface area contributed by atoms with E-state index in [2.05, 4.69) is 22.6 Å². The van der Waals surface area contributed by atoms with E-state index >= 15 is 0 Å². The molecule has 0 unspecified atom stereocenters. The van der Waals surface area contributed by atoms with Crippen molar-refractivity contribution in [3.8, 4) is 6.07 Å². The van der Waals surface area contributed by atoms with Gasteiger partial charge in [-0.1, -0.05) is 18.2 Å². The number of benzene rings is 2. The number of halogens is 2. The monoisotopic (exact) mass is 413 g/mol. The van der Waals surface area contributed by atoms with Crippen molar-refractivity contribution in [1.29, 1.82) is 5.26 Å². The van der Waals surface area contributed by atoms with Gasteiger partial charge in [0.1, 0.15) is 16.8 Å². The second kappa shape index (κ2) is 6.37. The highest BCUT2D eigenvalue weighted by Gasteiger charge is 2.21. The zero-order chi connectivity index (χ0) is 15.5. The van der Waals surface area contributed by atoms with Crippen molar-refractivity contribution in [3.05, 3.63) is 68.4 Å². The molecule has 0 aliphatic carbocycles. The number of nitrogens with zero attached hydrogens (tertiary/aromatic N) is 1. The van der Waals surface area contributed by atoms with Crippen LogP contribution in [0.1, 0.15) is 5.56 Å². The number of rotatable bonds is 3. The summed E-state index contributed by atoms with van der Waals surface area (Å²) in [6, 6.07) is 13.2. The summed E-state index contributed by atoms with van der Waals surface area (Å²) in [5.41, 5.74) is 0.639. The predicted octanol–water partition coefficient (Wildman–Crippen LogP) is 3.77. The Morgan fingerprint density at radius 2 is 1.76 bits per heavy atom. The SMILES string of the molecule is N#C/C(=C\c1ccccc1I)S(=O)(=O)c1ccc(F)cc1. The van der Waals surface area contributed by atoms with E-state index in [0.717, 1.165) is 27.8 Å². The second-order valence-electron chi connectivity index (χ2n) is 4.10. The van der Waals surface area contributed by atoms with E-state index in [0.29, 0.717) is 5.56 Å². The molecule has 0 amide bonds. The lowest BCUT2D eigenvalue weighted by molar-refractivity contribution is 0.601. The van der Waals surface area contributed by atoms with Crippen molar-refractivity contribution in [2.75, 3.05) is 0 Å². The molecule has 2 aromatic carbocycles. The maximum atomic E-state index is 12.9. The van der Waals surface area contributed by atoms with Gasteiger partial charge in [0.2, 0.25) is 9.84 Å². The van der Waals surface area contributed by atoms with E-state index in [1.807, 2.05) is 12.1 Å². The van der Waals surface area contributed by atoms with Gasteiger partial charge >= 0.3 is 0 Å². The maximum absolute atomic E-state index is 12.9. The normalized spacial score (nSPS) is 12.0. The molecule has 0 radical (unpaired) electrons. The molecule has 0 aliphatic rings. The molecule has 3 nitrogen and oxygen atoms in total. The van der Waals surface area contributed by atoms with Gasteiger partial charge in [0, 0.05) is 3.57 Å². The fourth-order valence-electron chi connectivity index (χ4n) is 1.64. The Bertz CT molecular complexity index is 837. The van der Waals surface area contributed by atoms with Gasteiger partial charge in [-0.3, -0.25) is 0 Å². The third-order valence-corrected chi connectivity index (χ3v) is 5.38. The minimum atomic E-state index is -3.95. The largest absolute Gasteiger partial charge is 0.218 e. The molecule has 0 bridgehead atoms. The van der Waals surface area contributed by atoms with Crippen molar-refractivity contribution in [3.63, 3.8) is 0 Å². The lowest BCUT2D eigenvalue weighted by Crippen LogP contribution is -2.03. The quantitative estimate of drug-likeness (QED) is 0.438. The van der Waals surface area contributed by atoms with Crippen LogP contribution in [0.15, 0.2) is 58.3 Å². The summed E-state index contributed by atoms with van der Waals surface area (Å²) < 4.78 is 38.5. The second-order valence-corrected chi connectivity index (χ2v) is 7.18. The van der Waals surface area contributed by atoms with Crippen LogP contribution in [0.3, 0.4) is 0 Å². The van der Waals surface area contributed by atoms with E-state index in [4.69, 9.17) is 5.26 Å². The number of allylic oxidation sites excluding steroid dienone is 1. The molecule has 106 valence electrons. The third-order valence-electron chi connectivity index (χ3n) is 2.72. The van der Waals surface area contributed by atoms with Crippen LogP contribution in [0, 0.1) is 20.7 Å². The van der Waals surface area contributed by atoms with Gasteiger partial charge in [0.05, 0.1) is 4.90 Å². The van der Waals surface area contributed by atoms with Gasteiger partial charge in [0.25, 0.3) is 0 Å².